The van der Waals surface area contributed by atoms with Gasteiger partial charge in [-0.3, -0.25) is 0 Å². The molecule has 0 aromatic heterocycles. The van der Waals surface area contributed by atoms with E-state index in [0.717, 1.165) is 5.56 Å². The highest BCUT2D eigenvalue weighted by Crippen LogP contribution is 2.30. The molecule has 0 amide bonds. The van der Waals surface area contributed by atoms with Crippen LogP contribution in [0.1, 0.15) is 19.4 Å². The van der Waals surface area contributed by atoms with E-state index in [-0.39, 0.29) is 5.75 Å². The van der Waals surface area contributed by atoms with Crippen LogP contribution >= 0.6 is 15.9 Å². The molecule has 0 bridgehead atoms. The van der Waals surface area contributed by atoms with Gasteiger partial charge in [-0.15, -0.1) is 13.2 Å². The summed E-state index contributed by atoms with van der Waals surface area (Å²) in [4.78, 5) is 0. The molecule has 1 rings (SSSR count). The van der Waals surface area contributed by atoms with Gasteiger partial charge in [0.15, 0.2) is 0 Å². The fraction of sp³-hybridized carbons (Fsp3) is 0.400. The molecule has 0 atom stereocenters. The van der Waals surface area contributed by atoms with E-state index in [9.17, 15) is 13.2 Å². The molecule has 1 nitrogen and oxygen atoms in total. The number of benzene rings is 1. The van der Waals surface area contributed by atoms with Gasteiger partial charge in [-0.05, 0) is 40.5 Å². The van der Waals surface area contributed by atoms with E-state index in [1.54, 1.807) is 19.1 Å². The number of hydrogen-bond donors (Lipinski definition) is 0. The third-order valence-corrected chi connectivity index (χ3v) is 1.93. The molecule has 1 aromatic rings. The Morgan fingerprint density at radius 3 is 2.13 bits per heavy atom. The van der Waals surface area contributed by atoms with Crippen LogP contribution in [0, 0.1) is 6.92 Å². The van der Waals surface area contributed by atoms with Crippen molar-refractivity contribution >= 4 is 15.9 Å². The normalized spacial score (nSPS) is 10.3. The largest absolute Gasteiger partial charge is 0.573 e. The van der Waals surface area contributed by atoms with E-state index in [0.29, 0.717) is 4.47 Å². The highest BCUT2D eigenvalue weighted by molar-refractivity contribution is 9.10. The first-order valence-electron chi connectivity index (χ1n) is 4.40. The van der Waals surface area contributed by atoms with Gasteiger partial charge in [0.1, 0.15) is 5.75 Å². The lowest BCUT2D eigenvalue weighted by Gasteiger charge is -2.10. The monoisotopic (exact) mass is 284 g/mol. The quantitative estimate of drug-likeness (QED) is 0.727. The minimum absolute atomic E-state index is 0.224. The molecule has 0 heterocycles. The second kappa shape index (κ2) is 6.00. The summed E-state index contributed by atoms with van der Waals surface area (Å²) in [6.45, 7) is 5.78. The van der Waals surface area contributed by atoms with Crippen molar-refractivity contribution in [2.45, 2.75) is 27.1 Å². The van der Waals surface area contributed by atoms with Crippen molar-refractivity contribution < 1.29 is 17.9 Å². The van der Waals surface area contributed by atoms with Gasteiger partial charge < -0.3 is 4.74 Å². The summed E-state index contributed by atoms with van der Waals surface area (Å²) in [6.07, 6.45) is -4.64. The lowest BCUT2D eigenvalue weighted by atomic mass is 10.2. The molecule has 0 spiro atoms. The van der Waals surface area contributed by atoms with Crippen LogP contribution in [0.4, 0.5) is 13.2 Å². The van der Waals surface area contributed by atoms with Gasteiger partial charge in [-0.25, -0.2) is 0 Å². The lowest BCUT2D eigenvalue weighted by molar-refractivity contribution is -0.274. The average molecular weight is 285 g/mol. The van der Waals surface area contributed by atoms with Crippen LogP contribution in [-0.2, 0) is 0 Å². The molecule has 0 aliphatic carbocycles. The zero-order valence-electron chi connectivity index (χ0n) is 8.65. The molecule has 0 radical (unpaired) electrons. The Labute approximate surface area is 95.4 Å². The predicted molar refractivity (Wildman–Crippen MR) is 56.9 cm³/mol. The zero-order valence-corrected chi connectivity index (χ0v) is 10.2. The van der Waals surface area contributed by atoms with Crippen molar-refractivity contribution in [2.24, 2.45) is 0 Å². The van der Waals surface area contributed by atoms with Crippen molar-refractivity contribution in [3.05, 3.63) is 28.2 Å². The average Bonchev–Trinajstić information content (AvgIpc) is 2.12. The molecule has 0 aliphatic rings. The molecule has 5 heteroatoms. The van der Waals surface area contributed by atoms with Gasteiger partial charge in [0.25, 0.3) is 0 Å². The first-order valence-corrected chi connectivity index (χ1v) is 5.20. The number of hydrogen-bond acceptors (Lipinski definition) is 1. The molecule has 0 unspecified atom stereocenters. The summed E-state index contributed by atoms with van der Waals surface area (Å²) in [5.74, 6) is -0.224. The van der Waals surface area contributed by atoms with Crippen LogP contribution < -0.4 is 4.74 Å². The van der Waals surface area contributed by atoms with Crippen LogP contribution in [0.2, 0.25) is 0 Å². The van der Waals surface area contributed by atoms with Crippen molar-refractivity contribution in [1.82, 2.24) is 0 Å². The van der Waals surface area contributed by atoms with Crippen molar-refractivity contribution in [2.75, 3.05) is 0 Å². The third-order valence-electron chi connectivity index (χ3n) is 1.31. The van der Waals surface area contributed by atoms with E-state index < -0.39 is 6.36 Å². The zero-order chi connectivity index (χ0) is 12.1. The highest BCUT2D eigenvalue weighted by Gasteiger charge is 2.31. The number of halogens is 4. The molecule has 15 heavy (non-hydrogen) atoms. The Morgan fingerprint density at radius 2 is 1.73 bits per heavy atom. The van der Waals surface area contributed by atoms with Gasteiger partial charge in [-0.1, -0.05) is 19.9 Å². The second-order valence-electron chi connectivity index (χ2n) is 2.48. The molecular formula is C10H12BrF3O. The molecule has 0 saturated carbocycles. The van der Waals surface area contributed by atoms with Crippen molar-refractivity contribution in [1.29, 1.82) is 0 Å². The van der Waals surface area contributed by atoms with Crippen LogP contribution in [0.25, 0.3) is 0 Å². The van der Waals surface area contributed by atoms with Gasteiger partial charge in [0.05, 0.1) is 4.47 Å². The molecule has 0 saturated heterocycles. The van der Waals surface area contributed by atoms with E-state index in [1.807, 2.05) is 13.8 Å². The van der Waals surface area contributed by atoms with Crippen LogP contribution in [-0.4, -0.2) is 6.36 Å². The lowest BCUT2D eigenvalue weighted by Crippen LogP contribution is -2.17. The van der Waals surface area contributed by atoms with E-state index in [4.69, 9.17) is 0 Å². The van der Waals surface area contributed by atoms with Gasteiger partial charge >= 0.3 is 6.36 Å². The minimum Gasteiger partial charge on any atom is -0.405 e. The fourth-order valence-corrected chi connectivity index (χ4v) is 1.39. The maximum atomic E-state index is 11.8. The molecule has 0 N–H and O–H groups in total. The second-order valence-corrected chi connectivity index (χ2v) is 3.34. The summed E-state index contributed by atoms with van der Waals surface area (Å²) >= 11 is 2.97. The van der Waals surface area contributed by atoms with Gasteiger partial charge in [-0.2, -0.15) is 0 Å². The summed E-state index contributed by atoms with van der Waals surface area (Å²) < 4.78 is 39.4. The topological polar surface area (TPSA) is 9.23 Å². The Kier molecular flexibility index (Phi) is 5.72. The molecule has 0 aliphatic heterocycles. The maximum absolute atomic E-state index is 11.8. The van der Waals surface area contributed by atoms with Crippen molar-refractivity contribution in [3.63, 3.8) is 0 Å². The van der Waals surface area contributed by atoms with Gasteiger partial charge in [0.2, 0.25) is 0 Å². The summed E-state index contributed by atoms with van der Waals surface area (Å²) in [5, 5.41) is 0. The molecule has 86 valence electrons. The first-order chi connectivity index (χ1) is 6.88. The standard InChI is InChI=1S/C8H6BrF3O.C2H6/c1-5-2-3-7(6(9)4-5)13-8(10,11)12;1-2/h2-4H,1H3;1-2H3. The first kappa shape index (κ1) is 14.3. The van der Waals surface area contributed by atoms with E-state index >= 15 is 0 Å². The number of alkyl halides is 3. The summed E-state index contributed by atoms with van der Waals surface area (Å²) in [7, 11) is 0. The number of ether oxygens (including phenoxy) is 1. The van der Waals surface area contributed by atoms with E-state index in [1.165, 1.54) is 6.07 Å². The summed E-state index contributed by atoms with van der Waals surface area (Å²) in [6, 6.07) is 4.37. The smallest absolute Gasteiger partial charge is 0.405 e. The molecule has 1 aromatic carbocycles. The Bertz CT molecular complexity index is 310. The number of rotatable bonds is 1. The molecular weight excluding hydrogens is 273 g/mol. The minimum atomic E-state index is -4.64. The maximum Gasteiger partial charge on any atom is 0.573 e. The predicted octanol–water partition coefficient (Wildman–Crippen LogP) is 4.68. The SMILES string of the molecule is CC.Cc1ccc(OC(F)(F)F)c(Br)c1. The third kappa shape index (κ3) is 5.67. The number of aryl methyl sites for hydroxylation is 1. The Morgan fingerprint density at radius 1 is 1.20 bits per heavy atom. The van der Waals surface area contributed by atoms with Crippen LogP contribution in [0.3, 0.4) is 0 Å². The molecule has 0 fully saturated rings. The Balaban J connectivity index is 0.000000921. The van der Waals surface area contributed by atoms with Gasteiger partial charge in [0, 0.05) is 0 Å². The Hall–Kier alpha value is -0.710. The summed E-state index contributed by atoms with van der Waals surface area (Å²) in [5.41, 5.74) is 0.862. The van der Waals surface area contributed by atoms with Crippen LogP contribution in [0.5, 0.6) is 5.75 Å². The van der Waals surface area contributed by atoms with Crippen LogP contribution in [0.15, 0.2) is 22.7 Å². The fourth-order valence-electron chi connectivity index (χ4n) is 0.813. The van der Waals surface area contributed by atoms with Crippen molar-refractivity contribution in [3.8, 4) is 5.75 Å². The highest BCUT2D eigenvalue weighted by atomic mass is 79.9. The van der Waals surface area contributed by atoms with E-state index in [2.05, 4.69) is 20.7 Å².